The topological polar surface area (TPSA) is 74.0 Å². The number of carbonyl (C=O) groups excluding carboxylic acids is 1. The average molecular weight is 339 g/mol. The summed E-state index contributed by atoms with van der Waals surface area (Å²) in [5, 5.41) is 16.2. The Hall–Kier alpha value is -2.65. The molecular formula is C19H25N5O. The van der Waals surface area contributed by atoms with E-state index in [9.17, 15) is 4.79 Å². The van der Waals surface area contributed by atoms with E-state index in [1.807, 2.05) is 47.8 Å². The molecule has 0 bridgehead atoms. The van der Waals surface area contributed by atoms with Gasteiger partial charge in [0.2, 0.25) is 5.91 Å². The van der Waals surface area contributed by atoms with Crippen molar-refractivity contribution in [3.8, 4) is 6.07 Å². The molecule has 0 aliphatic heterocycles. The lowest BCUT2D eigenvalue weighted by atomic mass is 10.1. The fourth-order valence-electron chi connectivity index (χ4n) is 2.53. The summed E-state index contributed by atoms with van der Waals surface area (Å²) >= 11 is 0. The number of likely N-dealkylation sites (N-methyl/N-ethyl adjacent to an activating group) is 1. The molecule has 2 atom stereocenters. The maximum Gasteiger partial charge on any atom is 0.242 e. The second-order valence-electron chi connectivity index (χ2n) is 6.31. The first-order valence-electron chi connectivity index (χ1n) is 8.50. The number of nitriles is 1. The summed E-state index contributed by atoms with van der Waals surface area (Å²) in [6.45, 7) is 6.62. The predicted octanol–water partition coefficient (Wildman–Crippen LogP) is 3.18. The standard InChI is InChI=1S/C19H25N5O/c1-5-14(2)24-18(9-10-21-24)22-19(25)15(3)23(4)13-17-8-6-7-16(11-17)12-20/h6-11,14-15H,5,13H2,1-4H3,(H,22,25)/t14-,15+/m1/s1. The van der Waals surface area contributed by atoms with Gasteiger partial charge >= 0.3 is 0 Å². The van der Waals surface area contributed by atoms with Gasteiger partial charge in [-0.15, -0.1) is 0 Å². The first-order chi connectivity index (χ1) is 12.0. The average Bonchev–Trinajstić information content (AvgIpc) is 3.08. The largest absolute Gasteiger partial charge is 0.310 e. The van der Waals surface area contributed by atoms with E-state index in [-0.39, 0.29) is 18.0 Å². The summed E-state index contributed by atoms with van der Waals surface area (Å²) in [4.78, 5) is 14.5. The molecule has 0 saturated heterocycles. The van der Waals surface area contributed by atoms with E-state index in [4.69, 9.17) is 5.26 Å². The van der Waals surface area contributed by atoms with Crippen molar-refractivity contribution in [2.75, 3.05) is 12.4 Å². The number of nitrogens with zero attached hydrogens (tertiary/aromatic N) is 4. The molecule has 0 saturated carbocycles. The van der Waals surface area contributed by atoms with E-state index >= 15 is 0 Å². The van der Waals surface area contributed by atoms with Crippen LogP contribution in [0.15, 0.2) is 36.5 Å². The number of rotatable bonds is 7. The number of benzene rings is 1. The predicted molar refractivity (Wildman–Crippen MR) is 97.9 cm³/mol. The van der Waals surface area contributed by atoms with Crippen LogP contribution in [-0.4, -0.2) is 33.7 Å². The third-order valence-electron chi connectivity index (χ3n) is 4.46. The fourth-order valence-corrected chi connectivity index (χ4v) is 2.53. The van der Waals surface area contributed by atoms with Crippen LogP contribution < -0.4 is 5.32 Å². The second kappa shape index (κ2) is 8.45. The van der Waals surface area contributed by atoms with Crippen LogP contribution in [0.4, 0.5) is 5.82 Å². The number of aromatic nitrogens is 2. The highest BCUT2D eigenvalue weighted by molar-refractivity contribution is 5.93. The Morgan fingerprint density at radius 2 is 2.16 bits per heavy atom. The van der Waals surface area contributed by atoms with Gasteiger partial charge in [0.05, 0.1) is 29.9 Å². The van der Waals surface area contributed by atoms with Crippen molar-refractivity contribution in [1.82, 2.24) is 14.7 Å². The van der Waals surface area contributed by atoms with Crippen LogP contribution in [-0.2, 0) is 11.3 Å². The molecule has 1 amide bonds. The third kappa shape index (κ3) is 4.68. The molecule has 1 N–H and O–H groups in total. The number of carbonyl (C=O) groups is 1. The zero-order valence-corrected chi connectivity index (χ0v) is 15.2. The summed E-state index contributed by atoms with van der Waals surface area (Å²) in [5.74, 6) is 0.634. The van der Waals surface area contributed by atoms with Crippen molar-refractivity contribution < 1.29 is 4.79 Å². The number of anilines is 1. The Morgan fingerprint density at radius 3 is 2.84 bits per heavy atom. The molecule has 0 unspecified atom stereocenters. The Morgan fingerprint density at radius 1 is 1.40 bits per heavy atom. The van der Waals surface area contributed by atoms with Gasteiger partial charge in [-0.05, 0) is 45.0 Å². The Bertz CT molecular complexity index is 761. The lowest BCUT2D eigenvalue weighted by Gasteiger charge is -2.24. The van der Waals surface area contributed by atoms with E-state index in [0.29, 0.717) is 17.9 Å². The minimum absolute atomic E-state index is 0.0796. The maximum absolute atomic E-state index is 12.6. The van der Waals surface area contributed by atoms with Crippen LogP contribution in [0, 0.1) is 11.3 Å². The van der Waals surface area contributed by atoms with Gasteiger partial charge in [-0.25, -0.2) is 4.68 Å². The van der Waals surface area contributed by atoms with Crippen molar-refractivity contribution in [3.05, 3.63) is 47.7 Å². The molecule has 0 spiro atoms. The minimum Gasteiger partial charge on any atom is -0.310 e. The Kier molecular flexibility index (Phi) is 6.31. The SMILES string of the molecule is CC[C@@H](C)n1nccc1NC(=O)[C@H](C)N(C)Cc1cccc(C#N)c1. The monoisotopic (exact) mass is 339 g/mol. The molecule has 0 aliphatic carbocycles. The number of nitrogens with one attached hydrogen (secondary N) is 1. The van der Waals surface area contributed by atoms with Crippen LogP contribution in [0.3, 0.4) is 0 Å². The Balaban J connectivity index is 2.02. The molecule has 0 radical (unpaired) electrons. The lowest BCUT2D eigenvalue weighted by Crippen LogP contribution is -2.39. The van der Waals surface area contributed by atoms with E-state index in [1.54, 1.807) is 12.3 Å². The zero-order chi connectivity index (χ0) is 18.4. The molecule has 6 heteroatoms. The van der Waals surface area contributed by atoms with Crippen LogP contribution in [0.5, 0.6) is 0 Å². The van der Waals surface area contributed by atoms with E-state index < -0.39 is 0 Å². The molecule has 1 aromatic heterocycles. The highest BCUT2D eigenvalue weighted by atomic mass is 16.2. The van der Waals surface area contributed by atoms with Gasteiger partial charge in [-0.3, -0.25) is 9.69 Å². The summed E-state index contributed by atoms with van der Waals surface area (Å²) in [7, 11) is 1.90. The Labute approximate surface area is 149 Å². The molecule has 2 aromatic rings. The molecule has 0 fully saturated rings. The summed E-state index contributed by atoms with van der Waals surface area (Å²) in [6.07, 6.45) is 2.64. The number of hydrogen-bond acceptors (Lipinski definition) is 4. The van der Waals surface area contributed by atoms with Crippen LogP contribution in [0.2, 0.25) is 0 Å². The highest BCUT2D eigenvalue weighted by Gasteiger charge is 2.20. The van der Waals surface area contributed by atoms with Crippen molar-refractivity contribution in [3.63, 3.8) is 0 Å². The van der Waals surface area contributed by atoms with Crippen molar-refractivity contribution in [2.45, 2.75) is 45.8 Å². The van der Waals surface area contributed by atoms with Crippen molar-refractivity contribution in [2.24, 2.45) is 0 Å². The molecular weight excluding hydrogens is 314 g/mol. The van der Waals surface area contributed by atoms with Gasteiger partial charge in [-0.2, -0.15) is 10.4 Å². The minimum atomic E-state index is -0.314. The smallest absolute Gasteiger partial charge is 0.242 e. The molecule has 0 aliphatic rings. The van der Waals surface area contributed by atoms with Crippen LogP contribution >= 0.6 is 0 Å². The van der Waals surface area contributed by atoms with Crippen LogP contribution in [0.1, 0.15) is 44.4 Å². The molecule has 132 valence electrons. The molecule has 1 aromatic carbocycles. The summed E-state index contributed by atoms with van der Waals surface area (Å²) < 4.78 is 1.83. The van der Waals surface area contributed by atoms with Gasteiger partial charge in [0.25, 0.3) is 0 Å². The quantitative estimate of drug-likeness (QED) is 0.841. The molecule has 1 heterocycles. The number of amides is 1. The number of hydrogen-bond donors (Lipinski definition) is 1. The van der Waals surface area contributed by atoms with Gasteiger partial charge in [-0.1, -0.05) is 19.1 Å². The molecule has 6 nitrogen and oxygen atoms in total. The van der Waals surface area contributed by atoms with Gasteiger partial charge < -0.3 is 5.32 Å². The van der Waals surface area contributed by atoms with Gasteiger partial charge in [0.1, 0.15) is 5.82 Å². The van der Waals surface area contributed by atoms with Crippen LogP contribution in [0.25, 0.3) is 0 Å². The lowest BCUT2D eigenvalue weighted by molar-refractivity contribution is -0.120. The normalized spacial score (nSPS) is 13.3. The third-order valence-corrected chi connectivity index (χ3v) is 4.46. The van der Waals surface area contributed by atoms with E-state index in [1.165, 1.54) is 0 Å². The molecule has 2 rings (SSSR count). The van der Waals surface area contributed by atoms with Crippen molar-refractivity contribution in [1.29, 1.82) is 5.26 Å². The first kappa shape index (κ1) is 18.7. The highest BCUT2D eigenvalue weighted by Crippen LogP contribution is 2.17. The van der Waals surface area contributed by atoms with E-state index in [0.717, 1.165) is 12.0 Å². The summed E-state index contributed by atoms with van der Waals surface area (Å²) in [6, 6.07) is 11.3. The van der Waals surface area contributed by atoms with Gasteiger partial charge in [0.15, 0.2) is 0 Å². The fraction of sp³-hybridized carbons (Fsp3) is 0.421. The zero-order valence-electron chi connectivity index (χ0n) is 15.2. The first-order valence-corrected chi connectivity index (χ1v) is 8.50. The summed E-state index contributed by atoms with van der Waals surface area (Å²) in [5.41, 5.74) is 1.63. The molecule has 25 heavy (non-hydrogen) atoms. The van der Waals surface area contributed by atoms with Crippen molar-refractivity contribution >= 4 is 11.7 Å². The van der Waals surface area contributed by atoms with E-state index in [2.05, 4.69) is 30.3 Å². The maximum atomic E-state index is 12.6. The van der Waals surface area contributed by atoms with Gasteiger partial charge in [0, 0.05) is 12.6 Å². The second-order valence-corrected chi connectivity index (χ2v) is 6.31.